The van der Waals surface area contributed by atoms with Crippen LogP contribution in [0.2, 0.25) is 0 Å². The molecule has 20 heavy (non-hydrogen) atoms. The van der Waals surface area contributed by atoms with Crippen LogP contribution < -0.4 is 4.72 Å². The predicted molar refractivity (Wildman–Crippen MR) is 78.9 cm³/mol. The molecule has 0 fully saturated rings. The maximum Gasteiger partial charge on any atom is 0.241 e. The van der Waals surface area contributed by atoms with E-state index in [9.17, 15) is 13.2 Å². The number of nitrogens with one attached hydrogen (secondary N) is 1. The number of carbonyl (C=O) groups excluding carboxylic acids is 1. The Labute approximate surface area is 120 Å². The van der Waals surface area contributed by atoms with Crippen LogP contribution in [-0.4, -0.2) is 19.6 Å². The highest BCUT2D eigenvalue weighted by Crippen LogP contribution is 2.35. The summed E-state index contributed by atoms with van der Waals surface area (Å²) in [4.78, 5) is 12.1. The summed E-state index contributed by atoms with van der Waals surface area (Å²) < 4.78 is 26.4. The molecule has 2 atom stereocenters. The molecule has 1 aliphatic rings. The van der Waals surface area contributed by atoms with E-state index in [2.05, 4.69) is 4.72 Å². The van der Waals surface area contributed by atoms with Gasteiger partial charge >= 0.3 is 0 Å². The summed E-state index contributed by atoms with van der Waals surface area (Å²) >= 11 is 0. The fraction of sp³-hybridized carbons (Fsp3) is 0.533. The van der Waals surface area contributed by atoms with E-state index in [1.807, 2.05) is 38.1 Å². The van der Waals surface area contributed by atoms with Crippen molar-refractivity contribution in [2.75, 3.05) is 0 Å². The lowest BCUT2D eigenvalue weighted by Gasteiger charge is -2.29. The summed E-state index contributed by atoms with van der Waals surface area (Å²) in [6.07, 6.45) is 1.17. The summed E-state index contributed by atoms with van der Waals surface area (Å²) in [6, 6.07) is 7.64. The molecule has 0 bridgehead atoms. The van der Waals surface area contributed by atoms with E-state index >= 15 is 0 Å². The van der Waals surface area contributed by atoms with Crippen LogP contribution in [-0.2, 0) is 21.2 Å². The van der Waals surface area contributed by atoms with Crippen LogP contribution in [0.4, 0.5) is 0 Å². The van der Waals surface area contributed by atoms with Gasteiger partial charge in [0.15, 0.2) is 0 Å². The third-order valence-electron chi connectivity index (χ3n) is 3.75. The van der Waals surface area contributed by atoms with E-state index < -0.39 is 21.2 Å². The van der Waals surface area contributed by atoms with E-state index in [1.54, 1.807) is 6.92 Å². The lowest BCUT2D eigenvalue weighted by Crippen LogP contribution is -2.42. The minimum absolute atomic E-state index is 0.279. The minimum atomic E-state index is -3.58. The lowest BCUT2D eigenvalue weighted by atomic mass is 9.77. The van der Waals surface area contributed by atoms with Crippen molar-refractivity contribution < 1.29 is 13.2 Å². The number of hydrogen-bond acceptors (Lipinski definition) is 3. The molecule has 5 heteroatoms. The lowest BCUT2D eigenvalue weighted by molar-refractivity contribution is -0.121. The molecule has 1 aromatic rings. The van der Waals surface area contributed by atoms with Crippen molar-refractivity contribution in [1.82, 2.24) is 4.72 Å². The Morgan fingerprint density at radius 1 is 1.30 bits per heavy atom. The molecule has 1 aliphatic carbocycles. The monoisotopic (exact) mass is 295 g/mol. The molecule has 1 N–H and O–H groups in total. The number of sulfonamides is 1. The van der Waals surface area contributed by atoms with E-state index in [-0.39, 0.29) is 11.8 Å². The van der Waals surface area contributed by atoms with Crippen LogP contribution in [0.3, 0.4) is 0 Å². The maximum atomic E-state index is 12.1. The third kappa shape index (κ3) is 3.03. The molecular weight excluding hydrogens is 274 g/mol. The van der Waals surface area contributed by atoms with Crippen molar-refractivity contribution in [2.24, 2.45) is 5.92 Å². The van der Waals surface area contributed by atoms with Gasteiger partial charge in [0, 0.05) is 0 Å². The Bertz CT molecular complexity index is 607. The molecule has 110 valence electrons. The molecule has 1 amide bonds. The number of fused-ring (bicyclic) bond motifs is 1. The van der Waals surface area contributed by atoms with Crippen LogP contribution in [0.25, 0.3) is 0 Å². The van der Waals surface area contributed by atoms with Crippen LogP contribution in [0.15, 0.2) is 24.3 Å². The molecule has 0 radical (unpaired) electrons. The average Bonchev–Trinajstić information content (AvgIpc) is 2.29. The van der Waals surface area contributed by atoms with Gasteiger partial charge in [-0.1, -0.05) is 38.1 Å². The fourth-order valence-corrected chi connectivity index (χ4v) is 3.86. The first kappa shape index (κ1) is 15.0. The van der Waals surface area contributed by atoms with Crippen molar-refractivity contribution in [3.63, 3.8) is 0 Å². The first-order chi connectivity index (χ1) is 9.31. The van der Waals surface area contributed by atoms with Crippen LogP contribution in [0, 0.1) is 5.92 Å². The van der Waals surface area contributed by atoms with Gasteiger partial charge in [0.25, 0.3) is 0 Å². The number of carbonyl (C=O) groups is 1. The second-order valence-corrected chi connectivity index (χ2v) is 8.01. The molecule has 0 aromatic heterocycles. The topological polar surface area (TPSA) is 63.2 Å². The third-order valence-corrected chi connectivity index (χ3v) is 5.48. The Morgan fingerprint density at radius 3 is 2.55 bits per heavy atom. The molecule has 1 aromatic carbocycles. The van der Waals surface area contributed by atoms with Gasteiger partial charge in [-0.05, 0) is 36.8 Å². The summed E-state index contributed by atoms with van der Waals surface area (Å²) in [6.45, 7) is 5.58. The number of benzene rings is 1. The molecular formula is C15H21NO3S. The first-order valence-corrected chi connectivity index (χ1v) is 8.49. The second kappa shape index (κ2) is 5.56. The van der Waals surface area contributed by atoms with E-state index in [0.29, 0.717) is 12.8 Å². The van der Waals surface area contributed by atoms with Gasteiger partial charge in [-0.15, -0.1) is 0 Å². The molecule has 0 aliphatic heterocycles. The summed E-state index contributed by atoms with van der Waals surface area (Å²) in [5.41, 5.74) is 2.07. The highest BCUT2D eigenvalue weighted by Gasteiger charge is 2.35. The highest BCUT2D eigenvalue weighted by atomic mass is 32.2. The Balaban J connectivity index is 2.03. The van der Waals surface area contributed by atoms with Gasteiger partial charge in [-0.25, -0.2) is 8.42 Å². The van der Waals surface area contributed by atoms with Crippen molar-refractivity contribution >= 4 is 15.9 Å². The number of rotatable bonds is 5. The minimum Gasteiger partial charge on any atom is -0.273 e. The molecule has 0 saturated heterocycles. The van der Waals surface area contributed by atoms with E-state index in [0.717, 1.165) is 11.1 Å². The molecule has 0 spiro atoms. The zero-order valence-electron chi connectivity index (χ0n) is 12.1. The first-order valence-electron chi connectivity index (χ1n) is 6.94. The van der Waals surface area contributed by atoms with Gasteiger partial charge < -0.3 is 0 Å². The average molecular weight is 295 g/mol. The largest absolute Gasteiger partial charge is 0.273 e. The van der Waals surface area contributed by atoms with Gasteiger partial charge in [-0.2, -0.15) is 0 Å². The summed E-state index contributed by atoms with van der Waals surface area (Å²) in [7, 11) is -3.58. The maximum absolute atomic E-state index is 12.1. The van der Waals surface area contributed by atoms with E-state index in [1.165, 1.54) is 0 Å². The molecule has 0 heterocycles. The van der Waals surface area contributed by atoms with Gasteiger partial charge in [0.05, 0.1) is 11.2 Å². The molecule has 0 saturated carbocycles. The SMILES string of the molecule is CC(C)C[C@H](C)S(=O)(=O)NC(=O)[C@H]1Cc2ccccc21. The normalized spacial score (nSPS) is 19.1. The van der Waals surface area contributed by atoms with Crippen molar-refractivity contribution in [1.29, 1.82) is 0 Å². The van der Waals surface area contributed by atoms with E-state index in [4.69, 9.17) is 0 Å². The van der Waals surface area contributed by atoms with Gasteiger partial charge in [0.1, 0.15) is 0 Å². The highest BCUT2D eigenvalue weighted by molar-refractivity contribution is 7.90. The predicted octanol–water partition coefficient (Wildman–Crippen LogP) is 2.21. The Kier molecular flexibility index (Phi) is 4.18. The number of hydrogen-bond donors (Lipinski definition) is 1. The van der Waals surface area contributed by atoms with Crippen molar-refractivity contribution in [3.05, 3.63) is 35.4 Å². The zero-order chi connectivity index (χ0) is 14.9. The molecule has 0 unspecified atom stereocenters. The Hall–Kier alpha value is -1.36. The smallest absolute Gasteiger partial charge is 0.241 e. The Morgan fingerprint density at radius 2 is 1.95 bits per heavy atom. The summed E-state index contributed by atoms with van der Waals surface area (Å²) in [5, 5.41) is -0.554. The van der Waals surface area contributed by atoms with Crippen molar-refractivity contribution in [3.8, 4) is 0 Å². The van der Waals surface area contributed by atoms with Crippen molar-refractivity contribution in [2.45, 2.75) is 44.8 Å². The van der Waals surface area contributed by atoms with Crippen LogP contribution in [0.1, 0.15) is 44.2 Å². The van der Waals surface area contributed by atoms with Gasteiger partial charge in [-0.3, -0.25) is 9.52 Å². The van der Waals surface area contributed by atoms with Crippen LogP contribution in [0.5, 0.6) is 0 Å². The quantitative estimate of drug-likeness (QED) is 0.906. The van der Waals surface area contributed by atoms with Crippen LogP contribution >= 0.6 is 0 Å². The standard InChI is InChI=1S/C15H21NO3S/c1-10(2)8-11(3)20(18,19)16-15(17)14-9-12-6-4-5-7-13(12)14/h4-7,10-11,14H,8-9H2,1-3H3,(H,16,17)/t11-,14-/m0/s1. The molecule has 2 rings (SSSR count). The zero-order valence-corrected chi connectivity index (χ0v) is 12.9. The fourth-order valence-electron chi connectivity index (χ4n) is 2.60. The number of amides is 1. The summed E-state index contributed by atoms with van der Waals surface area (Å²) in [5.74, 6) is -0.451. The molecule has 4 nitrogen and oxygen atoms in total. The second-order valence-electron chi connectivity index (χ2n) is 5.91. The van der Waals surface area contributed by atoms with Gasteiger partial charge in [0.2, 0.25) is 15.9 Å².